The van der Waals surface area contributed by atoms with E-state index in [0.717, 1.165) is 12.3 Å². The van der Waals surface area contributed by atoms with Crippen LogP contribution in [0.1, 0.15) is 18.4 Å². The summed E-state index contributed by atoms with van der Waals surface area (Å²) < 4.78 is 37.4. The SMILES string of the molecule is O=C(O)NC1(C(=O)Nc2cncc(C(F)(F)F)c2)CC1. The van der Waals surface area contributed by atoms with Gasteiger partial charge in [-0.25, -0.2) is 4.79 Å². The number of hydrogen-bond acceptors (Lipinski definition) is 3. The monoisotopic (exact) mass is 289 g/mol. The van der Waals surface area contributed by atoms with Gasteiger partial charge < -0.3 is 15.7 Å². The molecule has 1 saturated carbocycles. The molecule has 1 fully saturated rings. The van der Waals surface area contributed by atoms with E-state index in [-0.39, 0.29) is 5.69 Å². The van der Waals surface area contributed by atoms with Crippen molar-refractivity contribution in [3.63, 3.8) is 0 Å². The molecule has 6 nitrogen and oxygen atoms in total. The molecule has 1 aliphatic rings. The maximum atomic E-state index is 12.5. The van der Waals surface area contributed by atoms with Crippen LogP contribution in [0.4, 0.5) is 23.7 Å². The Balaban J connectivity index is 2.11. The van der Waals surface area contributed by atoms with Crippen LogP contribution < -0.4 is 10.6 Å². The van der Waals surface area contributed by atoms with E-state index >= 15 is 0 Å². The molecule has 108 valence electrons. The fourth-order valence-electron chi connectivity index (χ4n) is 1.65. The first-order chi connectivity index (χ1) is 9.23. The number of alkyl halides is 3. The first-order valence-corrected chi connectivity index (χ1v) is 5.58. The lowest BCUT2D eigenvalue weighted by Crippen LogP contribution is -2.45. The van der Waals surface area contributed by atoms with Crippen LogP contribution in [0.2, 0.25) is 0 Å². The molecule has 3 N–H and O–H groups in total. The summed E-state index contributed by atoms with van der Waals surface area (Å²) in [4.78, 5) is 25.8. The van der Waals surface area contributed by atoms with Gasteiger partial charge in [0, 0.05) is 6.20 Å². The van der Waals surface area contributed by atoms with Crippen LogP contribution in [0, 0.1) is 0 Å². The molecular weight excluding hydrogens is 279 g/mol. The number of anilines is 1. The fourth-order valence-corrected chi connectivity index (χ4v) is 1.65. The van der Waals surface area contributed by atoms with E-state index < -0.39 is 29.3 Å². The number of rotatable bonds is 3. The first-order valence-electron chi connectivity index (χ1n) is 5.58. The van der Waals surface area contributed by atoms with E-state index in [4.69, 9.17) is 5.11 Å². The van der Waals surface area contributed by atoms with Crippen LogP contribution in [0.5, 0.6) is 0 Å². The molecule has 0 aliphatic heterocycles. The van der Waals surface area contributed by atoms with Gasteiger partial charge in [-0.05, 0) is 18.9 Å². The van der Waals surface area contributed by atoms with Crippen LogP contribution >= 0.6 is 0 Å². The van der Waals surface area contributed by atoms with E-state index in [1.54, 1.807) is 0 Å². The summed E-state index contributed by atoms with van der Waals surface area (Å²) in [5, 5.41) is 12.9. The van der Waals surface area contributed by atoms with E-state index in [2.05, 4.69) is 15.6 Å². The summed E-state index contributed by atoms with van der Waals surface area (Å²) in [6.07, 6.45) is -3.62. The summed E-state index contributed by atoms with van der Waals surface area (Å²) in [5.74, 6) is -0.693. The maximum absolute atomic E-state index is 12.5. The predicted molar refractivity (Wildman–Crippen MR) is 61.0 cm³/mol. The van der Waals surface area contributed by atoms with Crippen molar-refractivity contribution in [2.75, 3.05) is 5.32 Å². The summed E-state index contributed by atoms with van der Waals surface area (Å²) in [6.45, 7) is 0. The van der Waals surface area contributed by atoms with Crippen molar-refractivity contribution in [1.29, 1.82) is 0 Å². The Hall–Kier alpha value is -2.32. The third-order valence-corrected chi connectivity index (χ3v) is 2.85. The highest BCUT2D eigenvalue weighted by Crippen LogP contribution is 2.37. The minimum Gasteiger partial charge on any atom is -0.465 e. The van der Waals surface area contributed by atoms with Crippen LogP contribution in [0.3, 0.4) is 0 Å². The number of pyridine rings is 1. The third kappa shape index (κ3) is 2.98. The maximum Gasteiger partial charge on any atom is 0.417 e. The quantitative estimate of drug-likeness (QED) is 0.791. The zero-order valence-electron chi connectivity index (χ0n) is 9.99. The third-order valence-electron chi connectivity index (χ3n) is 2.85. The minimum atomic E-state index is -4.57. The van der Waals surface area contributed by atoms with Crippen LogP contribution in [-0.2, 0) is 11.0 Å². The second kappa shape index (κ2) is 4.66. The number of nitrogens with one attached hydrogen (secondary N) is 2. The zero-order valence-corrected chi connectivity index (χ0v) is 9.99. The van der Waals surface area contributed by atoms with Gasteiger partial charge in [-0.1, -0.05) is 0 Å². The Kier molecular flexibility index (Phi) is 3.28. The number of amides is 2. The molecule has 2 amide bonds. The van der Waals surface area contributed by atoms with Gasteiger partial charge in [0.25, 0.3) is 0 Å². The molecule has 1 aromatic rings. The normalized spacial score (nSPS) is 16.4. The smallest absolute Gasteiger partial charge is 0.417 e. The molecule has 0 aromatic carbocycles. The molecule has 0 saturated heterocycles. The van der Waals surface area contributed by atoms with Crippen molar-refractivity contribution in [3.05, 3.63) is 24.0 Å². The highest BCUT2D eigenvalue weighted by atomic mass is 19.4. The van der Waals surface area contributed by atoms with Crippen molar-refractivity contribution >= 4 is 17.7 Å². The fraction of sp³-hybridized carbons (Fsp3) is 0.364. The Morgan fingerprint density at radius 1 is 1.30 bits per heavy atom. The Labute approximate surface area is 111 Å². The lowest BCUT2D eigenvalue weighted by atomic mass is 10.2. The van der Waals surface area contributed by atoms with Crippen LogP contribution in [0.25, 0.3) is 0 Å². The highest BCUT2D eigenvalue weighted by Gasteiger charge is 2.51. The second-order valence-corrected chi connectivity index (χ2v) is 4.43. The van der Waals surface area contributed by atoms with Crippen LogP contribution in [0.15, 0.2) is 18.5 Å². The van der Waals surface area contributed by atoms with Crippen LogP contribution in [-0.4, -0.2) is 27.6 Å². The second-order valence-electron chi connectivity index (χ2n) is 4.43. The molecule has 9 heteroatoms. The number of hydrogen-bond donors (Lipinski definition) is 3. The van der Waals surface area contributed by atoms with Crippen molar-refractivity contribution in [1.82, 2.24) is 10.3 Å². The van der Waals surface area contributed by atoms with Crippen molar-refractivity contribution in [3.8, 4) is 0 Å². The Bertz CT molecular complexity index is 555. The number of aromatic nitrogens is 1. The number of carboxylic acid groups (broad SMARTS) is 1. The topological polar surface area (TPSA) is 91.3 Å². The molecule has 0 bridgehead atoms. The Morgan fingerprint density at radius 3 is 2.45 bits per heavy atom. The lowest BCUT2D eigenvalue weighted by Gasteiger charge is -2.15. The number of halogens is 3. The molecule has 2 rings (SSSR count). The van der Waals surface area contributed by atoms with Gasteiger partial charge in [0.05, 0.1) is 17.4 Å². The lowest BCUT2D eigenvalue weighted by molar-refractivity contribution is -0.137. The highest BCUT2D eigenvalue weighted by molar-refractivity contribution is 6.01. The summed E-state index contributed by atoms with van der Waals surface area (Å²) in [5.41, 5.74) is -2.38. The number of carbonyl (C=O) groups is 2. The molecule has 1 aliphatic carbocycles. The first kappa shape index (κ1) is 14.1. The van der Waals surface area contributed by atoms with Crippen molar-refractivity contribution in [2.45, 2.75) is 24.6 Å². The standard InChI is InChI=1S/C11H10F3N3O3/c12-11(13,14)6-3-7(5-15-4-6)16-8(18)10(1-2-10)17-9(19)20/h3-5,17H,1-2H2,(H,16,18)(H,19,20). The molecule has 20 heavy (non-hydrogen) atoms. The summed E-state index contributed by atoms with van der Waals surface area (Å²) in [6, 6.07) is 0.738. The molecule has 1 aromatic heterocycles. The van der Waals surface area contributed by atoms with E-state index in [0.29, 0.717) is 19.0 Å². The average molecular weight is 289 g/mol. The van der Waals surface area contributed by atoms with Gasteiger partial charge in [0.1, 0.15) is 5.54 Å². The minimum absolute atomic E-state index is 0.136. The average Bonchev–Trinajstić information content (AvgIpc) is 3.08. The predicted octanol–water partition coefficient (Wildman–Crippen LogP) is 1.84. The Morgan fingerprint density at radius 2 is 1.95 bits per heavy atom. The molecule has 0 unspecified atom stereocenters. The number of nitrogens with zero attached hydrogens (tertiary/aromatic N) is 1. The number of carbonyl (C=O) groups excluding carboxylic acids is 1. The van der Waals surface area contributed by atoms with Gasteiger partial charge in [0.15, 0.2) is 0 Å². The summed E-state index contributed by atoms with van der Waals surface area (Å²) in [7, 11) is 0. The zero-order chi connectivity index (χ0) is 15.0. The van der Waals surface area contributed by atoms with Gasteiger partial charge in [-0.3, -0.25) is 9.78 Å². The van der Waals surface area contributed by atoms with E-state index in [1.807, 2.05) is 0 Å². The molecule has 0 atom stereocenters. The summed E-state index contributed by atoms with van der Waals surface area (Å²) >= 11 is 0. The van der Waals surface area contributed by atoms with E-state index in [1.165, 1.54) is 0 Å². The largest absolute Gasteiger partial charge is 0.465 e. The van der Waals surface area contributed by atoms with E-state index in [9.17, 15) is 22.8 Å². The molecule has 0 spiro atoms. The van der Waals surface area contributed by atoms with Crippen molar-refractivity contribution in [2.24, 2.45) is 0 Å². The molecule has 1 heterocycles. The van der Waals surface area contributed by atoms with Gasteiger partial charge >= 0.3 is 12.3 Å². The van der Waals surface area contributed by atoms with Gasteiger partial charge in [-0.2, -0.15) is 13.2 Å². The van der Waals surface area contributed by atoms with Gasteiger partial charge in [-0.15, -0.1) is 0 Å². The molecular formula is C11H10F3N3O3. The van der Waals surface area contributed by atoms with Gasteiger partial charge in [0.2, 0.25) is 5.91 Å². The van der Waals surface area contributed by atoms with Crippen molar-refractivity contribution < 1.29 is 27.9 Å². The molecule has 0 radical (unpaired) electrons.